The Morgan fingerprint density at radius 3 is 2.58 bits per heavy atom. The molecule has 1 aliphatic rings. The van der Waals surface area contributed by atoms with Crippen molar-refractivity contribution in [3.63, 3.8) is 0 Å². The first-order chi connectivity index (χ1) is 18.4. The van der Waals surface area contributed by atoms with Crippen LogP contribution in [0.25, 0.3) is 0 Å². The van der Waals surface area contributed by atoms with Crippen molar-refractivity contribution in [1.82, 2.24) is 9.80 Å². The van der Waals surface area contributed by atoms with Gasteiger partial charge < -0.3 is 19.0 Å². The minimum Gasteiger partial charge on any atom is -0.481 e. The van der Waals surface area contributed by atoms with Crippen molar-refractivity contribution in [1.29, 1.82) is 0 Å². The summed E-state index contributed by atoms with van der Waals surface area (Å²) in [5, 5.41) is 0. The fraction of sp³-hybridized carbons (Fsp3) is 0.250. The molecule has 1 aliphatic heterocycles. The van der Waals surface area contributed by atoms with E-state index >= 15 is 0 Å². The van der Waals surface area contributed by atoms with E-state index in [4.69, 9.17) is 9.15 Å². The first-order valence-electron chi connectivity index (χ1n) is 12.9. The van der Waals surface area contributed by atoms with Gasteiger partial charge in [-0.05, 0) is 66.8 Å². The zero-order valence-electron chi connectivity index (χ0n) is 22.0. The molecule has 2 heterocycles. The number of carbonyl (C=O) groups is 2. The quantitative estimate of drug-likeness (QED) is 0.316. The lowest BCUT2D eigenvalue weighted by molar-refractivity contribution is -0.137. The van der Waals surface area contributed by atoms with Crippen LogP contribution in [-0.4, -0.2) is 41.3 Å². The summed E-state index contributed by atoms with van der Waals surface area (Å²) in [5.41, 5.74) is 5.36. The molecular formula is C32H32N2O4. The summed E-state index contributed by atoms with van der Waals surface area (Å²) in [4.78, 5) is 30.1. The van der Waals surface area contributed by atoms with Crippen molar-refractivity contribution in [3.8, 4) is 5.75 Å². The first-order valence-corrected chi connectivity index (χ1v) is 12.9. The van der Waals surface area contributed by atoms with Crippen molar-refractivity contribution < 1.29 is 18.7 Å². The van der Waals surface area contributed by atoms with Crippen LogP contribution < -0.4 is 4.74 Å². The molecule has 0 bridgehead atoms. The molecule has 0 N–H and O–H groups in total. The molecule has 0 saturated heterocycles. The van der Waals surface area contributed by atoms with Gasteiger partial charge in [-0.3, -0.25) is 9.59 Å². The number of fused-ring (bicyclic) bond motifs is 1. The van der Waals surface area contributed by atoms with Gasteiger partial charge in [0.25, 0.3) is 11.8 Å². The highest BCUT2D eigenvalue weighted by Crippen LogP contribution is 2.38. The molecule has 0 aliphatic carbocycles. The monoisotopic (exact) mass is 508 g/mol. The zero-order valence-corrected chi connectivity index (χ0v) is 22.0. The largest absolute Gasteiger partial charge is 0.481 e. The summed E-state index contributed by atoms with van der Waals surface area (Å²) < 4.78 is 11.6. The number of benzene rings is 3. The number of furan rings is 1. The fourth-order valence-corrected chi connectivity index (χ4v) is 5.13. The highest BCUT2D eigenvalue weighted by molar-refractivity contribution is 5.92. The number of likely N-dealkylation sites (N-methyl/N-ethyl adjacent to an activating group) is 1. The van der Waals surface area contributed by atoms with Gasteiger partial charge in [0.05, 0.1) is 12.3 Å². The van der Waals surface area contributed by atoms with E-state index < -0.39 is 6.10 Å². The van der Waals surface area contributed by atoms with Crippen LogP contribution >= 0.6 is 0 Å². The van der Waals surface area contributed by atoms with Gasteiger partial charge in [-0.15, -0.1) is 0 Å². The Morgan fingerprint density at radius 1 is 1.03 bits per heavy atom. The van der Waals surface area contributed by atoms with Crippen molar-refractivity contribution in [2.75, 3.05) is 13.6 Å². The normalized spacial score (nSPS) is 15.4. The van der Waals surface area contributed by atoms with Gasteiger partial charge in [-0.25, -0.2) is 0 Å². The molecule has 3 aromatic carbocycles. The van der Waals surface area contributed by atoms with Crippen LogP contribution in [0, 0.1) is 6.92 Å². The Morgan fingerprint density at radius 2 is 1.84 bits per heavy atom. The lowest BCUT2D eigenvalue weighted by Crippen LogP contribution is -2.40. The van der Waals surface area contributed by atoms with Crippen LogP contribution in [0.15, 0.2) is 95.6 Å². The number of amides is 2. The van der Waals surface area contributed by atoms with Gasteiger partial charge in [-0.2, -0.15) is 0 Å². The second-order valence-electron chi connectivity index (χ2n) is 9.84. The molecule has 0 saturated carbocycles. The van der Waals surface area contributed by atoms with Crippen molar-refractivity contribution >= 4 is 11.8 Å². The molecule has 0 spiro atoms. The number of aryl methyl sites for hydroxylation is 1. The minimum absolute atomic E-state index is 0.101. The number of rotatable bonds is 7. The average molecular weight is 509 g/mol. The molecule has 2 amide bonds. The topological polar surface area (TPSA) is 63.0 Å². The Hall–Kier alpha value is -4.32. The fourth-order valence-electron chi connectivity index (χ4n) is 5.13. The standard InChI is InChI=1S/C32H32N2O4/c1-22-9-7-12-26(19-22)30-28-20-27(38-23(2)31(35)33(3)21-24-10-5-4-6-11-24)15-14-25(28)16-17-34(30)32(36)29-13-8-18-37-29/h4-15,18-20,23,30H,16-17,21H2,1-3H3. The van der Waals surface area contributed by atoms with Gasteiger partial charge in [0.2, 0.25) is 0 Å². The third-order valence-electron chi connectivity index (χ3n) is 7.00. The summed E-state index contributed by atoms with van der Waals surface area (Å²) in [7, 11) is 1.79. The second-order valence-corrected chi connectivity index (χ2v) is 9.84. The van der Waals surface area contributed by atoms with E-state index in [1.165, 1.54) is 6.26 Å². The second kappa shape index (κ2) is 11.0. The van der Waals surface area contributed by atoms with E-state index in [9.17, 15) is 9.59 Å². The predicted molar refractivity (Wildman–Crippen MR) is 146 cm³/mol. The summed E-state index contributed by atoms with van der Waals surface area (Å²) >= 11 is 0. The molecule has 194 valence electrons. The lowest BCUT2D eigenvalue weighted by atomic mass is 9.87. The number of ether oxygens (including phenoxy) is 1. The van der Waals surface area contributed by atoms with Crippen LogP contribution in [-0.2, 0) is 17.8 Å². The lowest BCUT2D eigenvalue weighted by Gasteiger charge is -2.37. The summed E-state index contributed by atoms with van der Waals surface area (Å²) in [6.07, 6.45) is 1.58. The number of hydrogen-bond donors (Lipinski definition) is 0. The molecule has 5 rings (SSSR count). The minimum atomic E-state index is -0.663. The van der Waals surface area contributed by atoms with Crippen LogP contribution in [0.1, 0.15) is 51.3 Å². The third-order valence-corrected chi connectivity index (χ3v) is 7.00. The SMILES string of the molecule is Cc1cccc(C2c3cc(OC(C)C(=O)N(C)Cc4ccccc4)ccc3CCN2C(=O)c2ccco2)c1. The predicted octanol–water partition coefficient (Wildman–Crippen LogP) is 5.80. The highest BCUT2D eigenvalue weighted by atomic mass is 16.5. The van der Waals surface area contributed by atoms with Crippen LogP contribution in [0.3, 0.4) is 0 Å². The molecule has 4 aromatic rings. The van der Waals surface area contributed by atoms with E-state index in [1.807, 2.05) is 78.6 Å². The first kappa shape index (κ1) is 25.3. The molecule has 2 unspecified atom stereocenters. The smallest absolute Gasteiger partial charge is 0.290 e. The van der Waals surface area contributed by atoms with E-state index in [-0.39, 0.29) is 17.9 Å². The zero-order chi connectivity index (χ0) is 26.6. The maximum Gasteiger partial charge on any atom is 0.290 e. The molecule has 0 radical (unpaired) electrons. The van der Waals surface area contributed by atoms with Gasteiger partial charge >= 0.3 is 0 Å². The maximum absolute atomic E-state index is 13.5. The van der Waals surface area contributed by atoms with Gasteiger partial charge in [0.15, 0.2) is 11.9 Å². The number of hydrogen-bond acceptors (Lipinski definition) is 4. The summed E-state index contributed by atoms with van der Waals surface area (Å²) in [5.74, 6) is 0.669. The third kappa shape index (κ3) is 5.35. The van der Waals surface area contributed by atoms with Crippen LogP contribution in [0.5, 0.6) is 5.75 Å². The Kier molecular flexibility index (Phi) is 7.31. The molecular weight excluding hydrogens is 476 g/mol. The van der Waals surface area contributed by atoms with E-state index in [0.717, 1.165) is 34.2 Å². The molecule has 2 atom stereocenters. The van der Waals surface area contributed by atoms with Crippen molar-refractivity contribution in [2.45, 2.75) is 39.0 Å². The van der Waals surface area contributed by atoms with Crippen LogP contribution in [0.2, 0.25) is 0 Å². The summed E-state index contributed by atoms with van der Waals surface area (Å²) in [6, 6.07) is 27.2. The van der Waals surface area contributed by atoms with Gasteiger partial charge in [0, 0.05) is 20.1 Å². The average Bonchev–Trinajstić information content (AvgIpc) is 3.47. The van der Waals surface area contributed by atoms with Crippen LogP contribution in [0.4, 0.5) is 0 Å². The van der Waals surface area contributed by atoms with Gasteiger partial charge in [-0.1, -0.05) is 66.2 Å². The van der Waals surface area contributed by atoms with E-state index in [0.29, 0.717) is 24.6 Å². The molecule has 0 fully saturated rings. The van der Waals surface area contributed by atoms with E-state index in [1.54, 1.807) is 31.0 Å². The van der Waals surface area contributed by atoms with Crippen molar-refractivity contribution in [3.05, 3.63) is 125 Å². The van der Waals surface area contributed by atoms with E-state index in [2.05, 4.69) is 6.07 Å². The Balaban J connectivity index is 1.42. The molecule has 6 nitrogen and oxygen atoms in total. The summed E-state index contributed by atoms with van der Waals surface area (Å²) in [6.45, 7) is 4.90. The molecule has 1 aromatic heterocycles. The Bertz CT molecular complexity index is 1410. The van der Waals surface area contributed by atoms with Crippen molar-refractivity contribution in [2.24, 2.45) is 0 Å². The number of carbonyl (C=O) groups excluding carboxylic acids is 2. The highest BCUT2D eigenvalue weighted by Gasteiger charge is 2.34. The maximum atomic E-state index is 13.5. The molecule has 38 heavy (non-hydrogen) atoms. The number of nitrogens with zero attached hydrogens (tertiary/aromatic N) is 2. The Labute approximate surface area is 223 Å². The molecule has 6 heteroatoms. The van der Waals surface area contributed by atoms with Gasteiger partial charge in [0.1, 0.15) is 5.75 Å².